The summed E-state index contributed by atoms with van der Waals surface area (Å²) in [4.78, 5) is 12.7. The Balaban J connectivity index is 0.000000218. The highest BCUT2D eigenvalue weighted by molar-refractivity contribution is 4.89. The SMILES string of the molecule is CC(C)O.O=c1cccc[nH]1. The van der Waals surface area contributed by atoms with Gasteiger partial charge in [-0.15, -0.1) is 0 Å². The number of rotatable bonds is 0. The van der Waals surface area contributed by atoms with Gasteiger partial charge in [-0.3, -0.25) is 4.79 Å². The standard InChI is InChI=1S/C5H5NO.C3H8O/c7-5-3-1-2-4-6-5;1-3(2)4/h1-4H,(H,6,7);3-4H,1-2H3. The van der Waals surface area contributed by atoms with Gasteiger partial charge in [0.05, 0.1) is 0 Å². The summed E-state index contributed by atoms with van der Waals surface area (Å²) in [5, 5.41) is 8.06. The maximum Gasteiger partial charge on any atom is 0.247 e. The number of aliphatic hydroxyl groups excluding tert-OH is 1. The minimum atomic E-state index is -0.167. The molecule has 0 aromatic carbocycles. The van der Waals surface area contributed by atoms with Crippen LogP contribution in [0.4, 0.5) is 0 Å². The molecular formula is C8H13NO2. The van der Waals surface area contributed by atoms with Crippen molar-refractivity contribution < 1.29 is 5.11 Å². The van der Waals surface area contributed by atoms with Gasteiger partial charge in [0.15, 0.2) is 0 Å². The maximum absolute atomic E-state index is 10.2. The smallest absolute Gasteiger partial charge is 0.247 e. The zero-order chi connectivity index (χ0) is 8.69. The number of aromatic amines is 1. The Hall–Kier alpha value is -1.09. The summed E-state index contributed by atoms with van der Waals surface area (Å²) in [6.45, 7) is 3.44. The summed E-state index contributed by atoms with van der Waals surface area (Å²) in [6, 6.07) is 4.93. The lowest BCUT2D eigenvalue weighted by Crippen LogP contribution is -1.98. The molecule has 0 aliphatic rings. The van der Waals surface area contributed by atoms with Gasteiger partial charge in [0.25, 0.3) is 0 Å². The number of pyridine rings is 1. The van der Waals surface area contributed by atoms with Crippen molar-refractivity contribution >= 4 is 0 Å². The van der Waals surface area contributed by atoms with Crippen LogP contribution < -0.4 is 5.56 Å². The fraction of sp³-hybridized carbons (Fsp3) is 0.375. The molecule has 3 nitrogen and oxygen atoms in total. The van der Waals surface area contributed by atoms with Crippen molar-refractivity contribution in [1.29, 1.82) is 0 Å². The molecular weight excluding hydrogens is 142 g/mol. The number of H-pyrrole nitrogens is 1. The van der Waals surface area contributed by atoms with Crippen LogP contribution in [0.1, 0.15) is 13.8 Å². The van der Waals surface area contributed by atoms with Gasteiger partial charge < -0.3 is 10.1 Å². The predicted molar refractivity (Wildman–Crippen MR) is 44.4 cm³/mol. The van der Waals surface area contributed by atoms with E-state index in [2.05, 4.69) is 4.98 Å². The fourth-order valence-electron chi connectivity index (χ4n) is 0.377. The zero-order valence-electron chi connectivity index (χ0n) is 6.74. The van der Waals surface area contributed by atoms with Crippen LogP contribution in [0.2, 0.25) is 0 Å². The molecule has 0 saturated heterocycles. The van der Waals surface area contributed by atoms with Gasteiger partial charge in [-0.1, -0.05) is 6.07 Å². The van der Waals surface area contributed by atoms with Gasteiger partial charge in [-0.05, 0) is 19.9 Å². The highest BCUT2D eigenvalue weighted by Crippen LogP contribution is 1.67. The van der Waals surface area contributed by atoms with E-state index in [4.69, 9.17) is 5.11 Å². The molecule has 0 aliphatic heterocycles. The first-order valence-corrected chi connectivity index (χ1v) is 3.44. The third-order valence-electron chi connectivity index (χ3n) is 0.681. The van der Waals surface area contributed by atoms with Crippen LogP contribution in [0.3, 0.4) is 0 Å². The first-order chi connectivity index (χ1) is 5.13. The van der Waals surface area contributed by atoms with Crippen molar-refractivity contribution in [2.75, 3.05) is 0 Å². The second-order valence-corrected chi connectivity index (χ2v) is 2.32. The molecule has 1 rings (SSSR count). The van der Waals surface area contributed by atoms with E-state index in [0.717, 1.165) is 0 Å². The van der Waals surface area contributed by atoms with Gasteiger partial charge >= 0.3 is 0 Å². The average molecular weight is 155 g/mol. The van der Waals surface area contributed by atoms with Crippen LogP contribution in [0.15, 0.2) is 29.2 Å². The molecule has 11 heavy (non-hydrogen) atoms. The van der Waals surface area contributed by atoms with Crippen molar-refractivity contribution in [1.82, 2.24) is 4.98 Å². The maximum atomic E-state index is 10.2. The number of aliphatic hydroxyl groups is 1. The average Bonchev–Trinajstić information content (AvgIpc) is 1.87. The molecule has 1 aromatic rings. The van der Waals surface area contributed by atoms with Crippen molar-refractivity contribution in [3.05, 3.63) is 34.7 Å². The van der Waals surface area contributed by atoms with Gasteiger partial charge in [0, 0.05) is 18.4 Å². The Labute approximate surface area is 65.7 Å². The predicted octanol–water partition coefficient (Wildman–Crippen LogP) is 0.762. The van der Waals surface area contributed by atoms with E-state index in [1.165, 1.54) is 6.07 Å². The summed E-state index contributed by atoms with van der Waals surface area (Å²) in [5.41, 5.74) is -0.0532. The number of hydrogen-bond donors (Lipinski definition) is 2. The number of nitrogens with one attached hydrogen (secondary N) is 1. The molecule has 62 valence electrons. The van der Waals surface area contributed by atoms with E-state index in [1.54, 1.807) is 32.2 Å². The van der Waals surface area contributed by atoms with Crippen LogP contribution >= 0.6 is 0 Å². The monoisotopic (exact) mass is 155 g/mol. The summed E-state index contributed by atoms with van der Waals surface area (Å²) in [6.07, 6.45) is 1.43. The third kappa shape index (κ3) is 8.91. The third-order valence-corrected chi connectivity index (χ3v) is 0.681. The largest absolute Gasteiger partial charge is 0.394 e. The normalized spacial score (nSPS) is 8.73. The number of hydrogen-bond acceptors (Lipinski definition) is 2. The van der Waals surface area contributed by atoms with Crippen LogP contribution in [-0.2, 0) is 0 Å². The van der Waals surface area contributed by atoms with Gasteiger partial charge in [-0.25, -0.2) is 0 Å². The van der Waals surface area contributed by atoms with E-state index >= 15 is 0 Å². The summed E-state index contributed by atoms with van der Waals surface area (Å²) >= 11 is 0. The summed E-state index contributed by atoms with van der Waals surface area (Å²) in [7, 11) is 0. The molecule has 0 radical (unpaired) electrons. The quantitative estimate of drug-likeness (QED) is 0.581. The fourth-order valence-corrected chi connectivity index (χ4v) is 0.377. The molecule has 0 atom stereocenters. The van der Waals surface area contributed by atoms with Gasteiger partial charge in [0.2, 0.25) is 5.56 Å². The van der Waals surface area contributed by atoms with Crippen LogP contribution in [0.25, 0.3) is 0 Å². The molecule has 1 aromatic heterocycles. The lowest BCUT2D eigenvalue weighted by atomic mass is 10.5. The first-order valence-electron chi connectivity index (χ1n) is 3.44. The molecule has 1 heterocycles. The molecule has 0 unspecified atom stereocenters. The number of aromatic nitrogens is 1. The minimum Gasteiger partial charge on any atom is -0.394 e. The van der Waals surface area contributed by atoms with E-state index in [9.17, 15) is 4.79 Å². The Kier molecular flexibility index (Phi) is 5.11. The van der Waals surface area contributed by atoms with Crippen molar-refractivity contribution in [3.8, 4) is 0 Å². The molecule has 0 amide bonds. The molecule has 0 fully saturated rings. The molecule has 0 aliphatic carbocycles. The Morgan fingerprint density at radius 1 is 1.45 bits per heavy atom. The molecule has 0 spiro atoms. The van der Waals surface area contributed by atoms with Crippen LogP contribution in [-0.4, -0.2) is 16.2 Å². The van der Waals surface area contributed by atoms with E-state index in [0.29, 0.717) is 0 Å². The summed E-state index contributed by atoms with van der Waals surface area (Å²) in [5.74, 6) is 0. The van der Waals surface area contributed by atoms with Crippen molar-refractivity contribution in [3.63, 3.8) is 0 Å². The highest BCUT2D eigenvalue weighted by atomic mass is 16.3. The second-order valence-electron chi connectivity index (χ2n) is 2.32. The van der Waals surface area contributed by atoms with Crippen LogP contribution in [0.5, 0.6) is 0 Å². The Bertz CT molecular complexity index is 209. The van der Waals surface area contributed by atoms with Crippen molar-refractivity contribution in [2.24, 2.45) is 0 Å². The van der Waals surface area contributed by atoms with Gasteiger partial charge in [-0.2, -0.15) is 0 Å². The Morgan fingerprint density at radius 2 is 2.00 bits per heavy atom. The molecule has 3 heteroatoms. The van der Waals surface area contributed by atoms with E-state index in [1.807, 2.05) is 0 Å². The van der Waals surface area contributed by atoms with Crippen molar-refractivity contribution in [2.45, 2.75) is 20.0 Å². The van der Waals surface area contributed by atoms with Crippen LogP contribution in [0, 0.1) is 0 Å². The zero-order valence-corrected chi connectivity index (χ0v) is 6.74. The second kappa shape index (κ2) is 5.68. The van der Waals surface area contributed by atoms with E-state index in [-0.39, 0.29) is 11.7 Å². The highest BCUT2D eigenvalue weighted by Gasteiger charge is 1.69. The topological polar surface area (TPSA) is 53.1 Å². The molecule has 0 bridgehead atoms. The lowest BCUT2D eigenvalue weighted by Gasteiger charge is -1.80. The summed E-state index contributed by atoms with van der Waals surface area (Å²) < 4.78 is 0. The Morgan fingerprint density at radius 3 is 2.18 bits per heavy atom. The first kappa shape index (κ1) is 9.91. The minimum absolute atomic E-state index is 0.0532. The van der Waals surface area contributed by atoms with Gasteiger partial charge in [0.1, 0.15) is 0 Å². The molecule has 0 saturated carbocycles. The van der Waals surface area contributed by atoms with E-state index < -0.39 is 0 Å². The molecule has 2 N–H and O–H groups in total. The lowest BCUT2D eigenvalue weighted by molar-refractivity contribution is 0.216.